The Labute approximate surface area is 46.2 Å². The SMILES string of the molecule is [O]=[Ta].[O]=[Zn]. The van der Waals surface area contributed by atoms with Crippen LogP contribution >= 0.6 is 0 Å². The molecular formula is O2TaZn. The summed E-state index contributed by atoms with van der Waals surface area (Å²) in [5.41, 5.74) is 0. The first-order chi connectivity index (χ1) is 2.00. The zero-order valence-electron chi connectivity index (χ0n) is 1.97. The van der Waals surface area contributed by atoms with Gasteiger partial charge in [-0.15, -0.1) is 0 Å². The molecule has 0 heterocycles. The van der Waals surface area contributed by atoms with E-state index in [-0.39, 0.29) is 39.3 Å². The van der Waals surface area contributed by atoms with Crippen molar-refractivity contribution in [3.63, 3.8) is 0 Å². The number of hydrogen-bond acceptors (Lipinski definition) is 2. The van der Waals surface area contributed by atoms with Crippen LogP contribution in [-0.4, -0.2) is 0 Å². The fraction of sp³-hybridized carbons (Fsp3) is 0. The van der Waals surface area contributed by atoms with Crippen LogP contribution in [0.15, 0.2) is 0 Å². The van der Waals surface area contributed by atoms with Crippen LogP contribution in [0.1, 0.15) is 0 Å². The molecule has 0 saturated carbocycles. The van der Waals surface area contributed by atoms with Gasteiger partial charge in [0.1, 0.15) is 0 Å². The molecule has 0 unspecified atom stereocenters. The van der Waals surface area contributed by atoms with E-state index in [2.05, 4.69) is 0 Å². The number of hydrogen-bond donors (Lipinski definition) is 0. The molecule has 0 aliphatic rings. The van der Waals surface area contributed by atoms with E-state index in [0.717, 1.165) is 0 Å². The zero-order valence-corrected chi connectivity index (χ0v) is 8.15. The summed E-state index contributed by atoms with van der Waals surface area (Å²) in [6.07, 6.45) is 0. The molecule has 0 amide bonds. The summed E-state index contributed by atoms with van der Waals surface area (Å²) in [6.45, 7) is 0. The summed E-state index contributed by atoms with van der Waals surface area (Å²) in [4.78, 5) is 0. The molecule has 0 spiro atoms. The summed E-state index contributed by atoms with van der Waals surface area (Å²) in [6, 6.07) is 0. The van der Waals surface area contributed by atoms with E-state index in [0.29, 0.717) is 0 Å². The first-order valence-electron chi connectivity index (χ1n) is 0.471. The van der Waals surface area contributed by atoms with Gasteiger partial charge < -0.3 is 0 Å². The summed E-state index contributed by atoms with van der Waals surface area (Å²) < 4.78 is 16.7. The minimum absolute atomic E-state index is 0.125. The first-order valence-corrected chi connectivity index (χ1v) is 2.99. The van der Waals surface area contributed by atoms with E-state index in [1.165, 1.54) is 0 Å². The molecule has 0 N–H and O–H groups in total. The Balaban J connectivity index is 0. The minimum atomic E-state index is 0.125. The number of rotatable bonds is 0. The molecule has 4 heavy (non-hydrogen) atoms. The second-order valence-electron chi connectivity index (χ2n) is 0. The van der Waals surface area contributed by atoms with E-state index in [1.807, 2.05) is 0 Å². The Morgan fingerprint density at radius 1 is 1.25 bits per heavy atom. The summed E-state index contributed by atoms with van der Waals surface area (Å²) in [7, 11) is 0. The Morgan fingerprint density at radius 3 is 1.25 bits per heavy atom. The Hall–Kier alpha value is 0.964. The summed E-state index contributed by atoms with van der Waals surface area (Å²) in [5.74, 6) is 0. The third-order valence-corrected chi connectivity index (χ3v) is 0. The average molecular weight is 278 g/mol. The Kier molecular flexibility index (Phi) is 83.2. The van der Waals surface area contributed by atoms with E-state index in [9.17, 15) is 0 Å². The molecular weight excluding hydrogens is 278 g/mol. The van der Waals surface area contributed by atoms with E-state index in [4.69, 9.17) is 6.82 Å². The van der Waals surface area contributed by atoms with E-state index < -0.39 is 0 Å². The molecule has 0 aliphatic carbocycles. The van der Waals surface area contributed by atoms with Gasteiger partial charge in [-0.25, -0.2) is 0 Å². The van der Waals surface area contributed by atoms with Crippen LogP contribution in [0.25, 0.3) is 0 Å². The predicted octanol–water partition coefficient (Wildman–Crippen LogP) is -0.243. The van der Waals surface area contributed by atoms with Crippen LogP contribution in [0.5, 0.6) is 0 Å². The molecule has 0 aromatic heterocycles. The fourth-order valence-electron chi connectivity index (χ4n) is 0. The third kappa shape index (κ3) is 12.3. The van der Waals surface area contributed by atoms with Gasteiger partial charge in [0.25, 0.3) is 0 Å². The summed E-state index contributed by atoms with van der Waals surface area (Å²) in [5, 5.41) is 0. The predicted molar refractivity (Wildman–Crippen MR) is 1.37 cm³/mol. The maximum atomic E-state index is 8.38. The molecule has 0 fully saturated rings. The molecule has 0 aliphatic heterocycles. The van der Waals surface area contributed by atoms with E-state index >= 15 is 0 Å². The van der Waals surface area contributed by atoms with Gasteiger partial charge in [0.05, 0.1) is 0 Å². The molecule has 0 radical (unpaired) electrons. The van der Waals surface area contributed by atoms with Crippen molar-refractivity contribution >= 4 is 0 Å². The second-order valence-corrected chi connectivity index (χ2v) is 0. The third-order valence-electron chi connectivity index (χ3n) is 0. The molecule has 19 valence electrons. The molecule has 0 aromatic carbocycles. The van der Waals surface area contributed by atoms with Gasteiger partial charge in [-0.2, -0.15) is 0 Å². The molecule has 0 rings (SSSR count). The Morgan fingerprint density at radius 2 is 1.25 bits per heavy atom. The monoisotopic (exact) mass is 277 g/mol. The fourth-order valence-corrected chi connectivity index (χ4v) is 0. The maximum absolute atomic E-state index is 8.38. The van der Waals surface area contributed by atoms with Crippen LogP contribution < -0.4 is 0 Å². The van der Waals surface area contributed by atoms with Gasteiger partial charge in [0.15, 0.2) is 0 Å². The van der Waals surface area contributed by atoms with Crippen LogP contribution in [0.2, 0.25) is 0 Å². The van der Waals surface area contributed by atoms with Gasteiger partial charge in [0.2, 0.25) is 0 Å². The van der Waals surface area contributed by atoms with Gasteiger partial charge in [0, 0.05) is 0 Å². The summed E-state index contributed by atoms with van der Waals surface area (Å²) >= 11 is 0.319. The van der Waals surface area contributed by atoms with Gasteiger partial charge in [-0.05, 0) is 0 Å². The van der Waals surface area contributed by atoms with Gasteiger partial charge >= 0.3 is 46.1 Å². The normalized spacial score (nSPS) is 2.25. The van der Waals surface area contributed by atoms with Crippen molar-refractivity contribution in [3.8, 4) is 0 Å². The van der Waals surface area contributed by atoms with Crippen molar-refractivity contribution in [1.82, 2.24) is 0 Å². The second kappa shape index (κ2) is 37.5. The topological polar surface area (TPSA) is 34.1 Å². The molecule has 0 saturated heterocycles. The van der Waals surface area contributed by atoms with Crippen molar-refractivity contribution in [2.24, 2.45) is 0 Å². The standard InChI is InChI=1S/2O.Ta.Zn. The zero-order chi connectivity index (χ0) is 4.00. The first kappa shape index (κ1) is 8.88. The van der Waals surface area contributed by atoms with Crippen LogP contribution in [0.4, 0.5) is 0 Å². The van der Waals surface area contributed by atoms with Crippen molar-refractivity contribution < 1.29 is 46.1 Å². The quantitative estimate of drug-likeness (QED) is 0.573. The van der Waals surface area contributed by atoms with Crippen LogP contribution in [-0.2, 0) is 46.1 Å². The molecule has 0 atom stereocenters. The van der Waals surface area contributed by atoms with Crippen LogP contribution in [0, 0.1) is 0 Å². The molecule has 2 nitrogen and oxygen atoms in total. The van der Waals surface area contributed by atoms with E-state index in [1.54, 1.807) is 0 Å². The molecule has 4 heteroatoms. The average Bonchev–Trinajstić information content (AvgIpc) is 1.50. The van der Waals surface area contributed by atoms with Crippen LogP contribution in [0.3, 0.4) is 0 Å². The Bertz CT molecular complexity index is 8.00. The molecule has 0 aromatic rings. The van der Waals surface area contributed by atoms with Crippen molar-refractivity contribution in [2.45, 2.75) is 0 Å². The van der Waals surface area contributed by atoms with Crippen molar-refractivity contribution in [2.75, 3.05) is 0 Å². The van der Waals surface area contributed by atoms with Gasteiger partial charge in [-0.1, -0.05) is 0 Å². The van der Waals surface area contributed by atoms with Crippen molar-refractivity contribution in [1.29, 1.82) is 0 Å². The van der Waals surface area contributed by atoms with Gasteiger partial charge in [-0.3, -0.25) is 0 Å². The van der Waals surface area contributed by atoms with Crippen molar-refractivity contribution in [3.05, 3.63) is 0 Å². The molecule has 0 bridgehead atoms.